The predicted octanol–water partition coefficient (Wildman–Crippen LogP) is 2.93. The number of carbonyl (C=O) groups is 1. The Labute approximate surface area is 143 Å². The van der Waals surface area contributed by atoms with Crippen LogP contribution in [0.15, 0.2) is 36.7 Å². The Balaban J connectivity index is 1.58. The molecule has 0 aliphatic heterocycles. The van der Waals surface area contributed by atoms with Gasteiger partial charge in [0.25, 0.3) is 0 Å². The molecule has 1 aliphatic rings. The number of rotatable bonds is 3. The number of hydrogen-bond donors (Lipinski definition) is 2. The van der Waals surface area contributed by atoms with Crippen LogP contribution in [0.5, 0.6) is 0 Å². The van der Waals surface area contributed by atoms with E-state index in [-0.39, 0.29) is 11.8 Å². The van der Waals surface area contributed by atoms with Crippen LogP contribution < -0.4 is 5.32 Å². The van der Waals surface area contributed by atoms with Gasteiger partial charge in [0.2, 0.25) is 5.91 Å². The maximum Gasteiger partial charge on any atom is 0.228 e. The summed E-state index contributed by atoms with van der Waals surface area (Å²) in [6.07, 6.45) is 5.62. The van der Waals surface area contributed by atoms with Crippen LogP contribution in [0.2, 0.25) is 0 Å². The lowest BCUT2D eigenvalue weighted by Crippen LogP contribution is -2.13. The minimum atomic E-state index is 0.0441. The van der Waals surface area contributed by atoms with Crippen LogP contribution >= 0.6 is 0 Å². The third kappa shape index (κ3) is 2.36. The number of carbonyl (C=O) groups excluding carboxylic acids is 1. The fraction of sp³-hybridized carbons (Fsp3) is 0.222. The topological polar surface area (TPSA) is 88.0 Å². The predicted molar refractivity (Wildman–Crippen MR) is 94.2 cm³/mol. The Morgan fingerprint density at radius 3 is 3.04 bits per heavy atom. The van der Waals surface area contributed by atoms with Gasteiger partial charge in [-0.05, 0) is 37.5 Å². The smallest absolute Gasteiger partial charge is 0.228 e. The normalized spacial score (nSPS) is 14.3. The van der Waals surface area contributed by atoms with Crippen molar-refractivity contribution in [3.63, 3.8) is 0 Å². The average molecular weight is 332 g/mol. The van der Waals surface area contributed by atoms with Crippen molar-refractivity contribution in [3.05, 3.63) is 42.2 Å². The zero-order valence-electron chi connectivity index (χ0n) is 13.7. The van der Waals surface area contributed by atoms with Gasteiger partial charge in [-0.25, -0.2) is 9.50 Å². The third-order valence-electron chi connectivity index (χ3n) is 4.61. The van der Waals surface area contributed by atoms with Crippen molar-refractivity contribution in [1.29, 1.82) is 0 Å². The fourth-order valence-corrected chi connectivity index (χ4v) is 3.12. The van der Waals surface area contributed by atoms with Gasteiger partial charge >= 0.3 is 0 Å². The molecule has 1 fully saturated rings. The summed E-state index contributed by atoms with van der Waals surface area (Å²) in [6.45, 7) is 2.06. The van der Waals surface area contributed by atoms with Crippen molar-refractivity contribution in [2.45, 2.75) is 19.8 Å². The van der Waals surface area contributed by atoms with Crippen molar-refractivity contribution in [1.82, 2.24) is 24.8 Å². The van der Waals surface area contributed by atoms with E-state index in [9.17, 15) is 4.79 Å². The lowest BCUT2D eigenvalue weighted by atomic mass is 10.0. The summed E-state index contributed by atoms with van der Waals surface area (Å²) in [7, 11) is 0. The molecule has 5 rings (SSSR count). The summed E-state index contributed by atoms with van der Waals surface area (Å²) in [4.78, 5) is 16.6. The number of hydrogen-bond acceptors (Lipinski definition) is 4. The Hall–Kier alpha value is -3.22. The molecular weight excluding hydrogens is 316 g/mol. The summed E-state index contributed by atoms with van der Waals surface area (Å²) < 4.78 is 1.68. The summed E-state index contributed by atoms with van der Waals surface area (Å²) in [5.41, 5.74) is 4.72. The molecule has 0 saturated heterocycles. The molecule has 0 bridgehead atoms. The van der Waals surface area contributed by atoms with Crippen LogP contribution in [0.25, 0.3) is 27.8 Å². The van der Waals surface area contributed by atoms with E-state index in [1.165, 1.54) is 0 Å². The van der Waals surface area contributed by atoms with E-state index >= 15 is 0 Å². The summed E-state index contributed by atoms with van der Waals surface area (Å²) in [5.74, 6) is 0.733. The average Bonchev–Trinajstić information content (AvgIpc) is 3.22. The van der Waals surface area contributed by atoms with Gasteiger partial charge in [0.05, 0.1) is 17.4 Å². The molecule has 0 atom stereocenters. The van der Waals surface area contributed by atoms with E-state index in [4.69, 9.17) is 4.98 Å². The fourth-order valence-electron chi connectivity index (χ4n) is 3.12. The second-order valence-electron chi connectivity index (χ2n) is 6.50. The van der Waals surface area contributed by atoms with Gasteiger partial charge in [-0.2, -0.15) is 5.10 Å². The standard InChI is InChI=1S/C18H16N6O/c1-10-2-5-13-12(9-19-22-13)17(10)14-6-7-24-16(20-14)8-15(23-24)21-18(25)11-3-4-11/h2,5-9,11H,3-4H2,1H3,(H,19,22)(H,21,23,25). The van der Waals surface area contributed by atoms with Gasteiger partial charge in [0.1, 0.15) is 0 Å². The van der Waals surface area contributed by atoms with Gasteiger partial charge in [-0.3, -0.25) is 9.89 Å². The number of aromatic nitrogens is 5. The van der Waals surface area contributed by atoms with Crippen molar-refractivity contribution in [3.8, 4) is 11.3 Å². The van der Waals surface area contributed by atoms with E-state index in [2.05, 4.69) is 33.6 Å². The molecule has 7 heteroatoms. The lowest BCUT2D eigenvalue weighted by molar-refractivity contribution is -0.117. The molecule has 3 heterocycles. The first-order valence-corrected chi connectivity index (χ1v) is 8.29. The summed E-state index contributed by atoms with van der Waals surface area (Å²) in [6, 6.07) is 7.80. The molecule has 1 aliphatic carbocycles. The summed E-state index contributed by atoms with van der Waals surface area (Å²) >= 11 is 0. The van der Waals surface area contributed by atoms with E-state index in [1.807, 2.05) is 24.5 Å². The number of aromatic amines is 1. The molecule has 1 aromatic carbocycles. The molecule has 0 spiro atoms. The van der Waals surface area contributed by atoms with Gasteiger partial charge in [-0.15, -0.1) is 5.10 Å². The number of fused-ring (bicyclic) bond motifs is 2. The van der Waals surface area contributed by atoms with Crippen LogP contribution in [-0.4, -0.2) is 30.7 Å². The van der Waals surface area contributed by atoms with Crippen LogP contribution in [0, 0.1) is 12.8 Å². The highest BCUT2D eigenvalue weighted by atomic mass is 16.2. The number of H-pyrrole nitrogens is 1. The molecule has 7 nitrogen and oxygen atoms in total. The highest BCUT2D eigenvalue weighted by Crippen LogP contribution is 2.31. The first-order chi connectivity index (χ1) is 12.2. The SMILES string of the molecule is Cc1ccc2[nH]ncc2c1-c1ccn2nc(NC(=O)C3CC3)cc2n1. The van der Waals surface area contributed by atoms with Crippen LogP contribution in [-0.2, 0) is 4.79 Å². The van der Waals surface area contributed by atoms with Crippen molar-refractivity contribution in [2.24, 2.45) is 5.92 Å². The minimum absolute atomic E-state index is 0.0441. The Kier molecular flexibility index (Phi) is 2.91. The molecule has 1 amide bonds. The van der Waals surface area contributed by atoms with Gasteiger partial charge < -0.3 is 5.32 Å². The Morgan fingerprint density at radius 1 is 1.32 bits per heavy atom. The first-order valence-electron chi connectivity index (χ1n) is 8.29. The van der Waals surface area contributed by atoms with Crippen molar-refractivity contribution < 1.29 is 4.79 Å². The Bertz CT molecular complexity index is 1120. The highest BCUT2D eigenvalue weighted by molar-refractivity contribution is 5.95. The van der Waals surface area contributed by atoms with Gasteiger partial charge in [0, 0.05) is 29.1 Å². The number of aryl methyl sites for hydroxylation is 1. The molecule has 0 radical (unpaired) electrons. The quantitative estimate of drug-likeness (QED) is 0.604. The molecular formula is C18H16N6O. The maximum absolute atomic E-state index is 11.9. The second kappa shape index (κ2) is 5.14. The molecule has 25 heavy (non-hydrogen) atoms. The molecule has 124 valence electrons. The molecule has 0 unspecified atom stereocenters. The number of anilines is 1. The van der Waals surface area contributed by atoms with E-state index in [1.54, 1.807) is 10.6 Å². The zero-order chi connectivity index (χ0) is 17.0. The van der Waals surface area contributed by atoms with Crippen molar-refractivity contribution >= 4 is 28.3 Å². The van der Waals surface area contributed by atoms with Gasteiger partial charge in [0.15, 0.2) is 11.5 Å². The highest BCUT2D eigenvalue weighted by Gasteiger charge is 2.30. The van der Waals surface area contributed by atoms with E-state index in [0.29, 0.717) is 11.5 Å². The zero-order valence-corrected chi connectivity index (χ0v) is 13.7. The molecule has 2 N–H and O–H groups in total. The molecule has 3 aromatic heterocycles. The van der Waals surface area contributed by atoms with Crippen LogP contribution in [0.3, 0.4) is 0 Å². The van der Waals surface area contributed by atoms with Crippen LogP contribution in [0.1, 0.15) is 18.4 Å². The lowest BCUT2D eigenvalue weighted by Gasteiger charge is -2.07. The van der Waals surface area contributed by atoms with Gasteiger partial charge in [-0.1, -0.05) is 6.07 Å². The minimum Gasteiger partial charge on any atom is -0.309 e. The van der Waals surface area contributed by atoms with Crippen LogP contribution in [0.4, 0.5) is 5.82 Å². The Morgan fingerprint density at radius 2 is 2.20 bits per heavy atom. The monoisotopic (exact) mass is 332 g/mol. The number of nitrogens with zero attached hydrogens (tertiary/aromatic N) is 4. The largest absolute Gasteiger partial charge is 0.309 e. The number of nitrogens with one attached hydrogen (secondary N) is 2. The molecule has 4 aromatic rings. The van der Waals surface area contributed by atoms with E-state index in [0.717, 1.165) is 40.6 Å². The molecule has 1 saturated carbocycles. The maximum atomic E-state index is 11.9. The number of amides is 1. The summed E-state index contributed by atoms with van der Waals surface area (Å²) in [5, 5.41) is 15.4. The van der Waals surface area contributed by atoms with Crippen molar-refractivity contribution in [2.75, 3.05) is 5.32 Å². The van der Waals surface area contributed by atoms with E-state index < -0.39 is 0 Å². The second-order valence-corrected chi connectivity index (χ2v) is 6.50. The first kappa shape index (κ1) is 14.2. The third-order valence-corrected chi connectivity index (χ3v) is 4.61. The number of benzene rings is 1.